The number of nitrogens with one attached hydrogen (secondary N) is 1. The van der Waals surface area contributed by atoms with Crippen molar-refractivity contribution in [2.45, 2.75) is 45.6 Å². The maximum absolute atomic E-state index is 12.7. The van der Waals surface area contributed by atoms with E-state index in [0.717, 1.165) is 22.3 Å². The van der Waals surface area contributed by atoms with E-state index in [9.17, 15) is 8.42 Å². The second-order valence-electron chi connectivity index (χ2n) is 6.27. The first-order valence-electron chi connectivity index (χ1n) is 7.90. The van der Waals surface area contributed by atoms with Gasteiger partial charge in [0.15, 0.2) is 0 Å². The number of sulfonamides is 1. The van der Waals surface area contributed by atoms with E-state index < -0.39 is 10.0 Å². The highest BCUT2D eigenvalue weighted by atomic mass is 32.2. The Morgan fingerprint density at radius 2 is 1.54 bits per heavy atom. The van der Waals surface area contributed by atoms with Gasteiger partial charge in [0.1, 0.15) is 5.75 Å². The van der Waals surface area contributed by atoms with E-state index in [1.807, 2.05) is 27.7 Å². The zero-order valence-electron chi connectivity index (χ0n) is 15.1. The van der Waals surface area contributed by atoms with Crippen molar-refractivity contribution in [2.75, 3.05) is 7.11 Å². The quantitative estimate of drug-likeness (QED) is 0.890. The number of methoxy groups -OCH3 is 1. The molecule has 0 spiro atoms. The smallest absolute Gasteiger partial charge is 0.241 e. The molecule has 1 N–H and O–H groups in total. The van der Waals surface area contributed by atoms with Crippen LogP contribution >= 0.6 is 0 Å². The van der Waals surface area contributed by atoms with Gasteiger partial charge in [0, 0.05) is 6.04 Å². The predicted molar refractivity (Wildman–Crippen MR) is 97.1 cm³/mol. The van der Waals surface area contributed by atoms with Crippen LogP contribution in [0.5, 0.6) is 5.75 Å². The van der Waals surface area contributed by atoms with Crippen LogP contribution in [0, 0.1) is 27.7 Å². The van der Waals surface area contributed by atoms with Gasteiger partial charge >= 0.3 is 0 Å². The molecule has 0 aliphatic rings. The second kappa shape index (κ2) is 6.95. The molecule has 0 saturated heterocycles. The average molecular weight is 347 g/mol. The molecule has 0 fully saturated rings. The molecular weight excluding hydrogens is 322 g/mol. The van der Waals surface area contributed by atoms with E-state index in [1.165, 1.54) is 5.56 Å². The van der Waals surface area contributed by atoms with Gasteiger partial charge in [-0.25, -0.2) is 13.1 Å². The fourth-order valence-electron chi connectivity index (χ4n) is 2.83. The van der Waals surface area contributed by atoms with Crippen molar-refractivity contribution in [1.82, 2.24) is 4.72 Å². The Morgan fingerprint density at radius 1 is 0.917 bits per heavy atom. The lowest BCUT2D eigenvalue weighted by Gasteiger charge is -2.19. The lowest BCUT2D eigenvalue weighted by molar-refractivity contribution is 0.411. The summed E-state index contributed by atoms with van der Waals surface area (Å²) in [7, 11) is -2.03. The molecule has 0 bridgehead atoms. The highest BCUT2D eigenvalue weighted by Crippen LogP contribution is 2.25. The number of rotatable bonds is 5. The monoisotopic (exact) mass is 347 g/mol. The van der Waals surface area contributed by atoms with E-state index in [0.29, 0.717) is 5.75 Å². The lowest BCUT2D eigenvalue weighted by atomic mass is 9.97. The minimum absolute atomic E-state index is 0.245. The third kappa shape index (κ3) is 3.79. The largest absolute Gasteiger partial charge is 0.496 e. The number of hydrogen-bond acceptors (Lipinski definition) is 3. The predicted octanol–water partition coefficient (Wildman–Crippen LogP) is 3.97. The third-order valence-electron chi connectivity index (χ3n) is 4.36. The normalized spacial score (nSPS) is 12.9. The Balaban J connectivity index is 2.32. The molecular formula is C19H25NO3S. The molecule has 0 unspecified atom stereocenters. The van der Waals surface area contributed by atoms with E-state index >= 15 is 0 Å². The second-order valence-corrected chi connectivity index (χ2v) is 7.98. The van der Waals surface area contributed by atoms with Crippen molar-refractivity contribution in [3.05, 3.63) is 58.1 Å². The van der Waals surface area contributed by atoms with Crippen LogP contribution in [0.1, 0.15) is 40.8 Å². The number of ether oxygens (including phenoxy) is 1. The summed E-state index contributed by atoms with van der Waals surface area (Å²) < 4.78 is 33.3. The Labute approximate surface area is 144 Å². The van der Waals surface area contributed by atoms with Crippen LogP contribution in [0.2, 0.25) is 0 Å². The van der Waals surface area contributed by atoms with Gasteiger partial charge in [0.2, 0.25) is 10.0 Å². The van der Waals surface area contributed by atoms with Gasteiger partial charge < -0.3 is 4.74 Å². The maximum Gasteiger partial charge on any atom is 0.241 e. The molecule has 0 aliphatic carbocycles. The summed E-state index contributed by atoms with van der Waals surface area (Å²) in [5.74, 6) is 0.673. The molecule has 0 heterocycles. The van der Waals surface area contributed by atoms with Crippen molar-refractivity contribution < 1.29 is 13.2 Å². The Bertz CT molecular complexity index is 857. The molecule has 2 rings (SSSR count). The highest BCUT2D eigenvalue weighted by Gasteiger charge is 2.20. The molecule has 4 nitrogen and oxygen atoms in total. The standard InChI is InChI=1S/C19H25NO3S/c1-12-9-14(3)18(11-13(12)2)16(5)20-24(21,22)17-7-8-19(23-6)15(4)10-17/h7-11,16,20H,1-6H3/t16-/m0/s1. The van der Waals surface area contributed by atoms with Crippen LogP contribution in [0.3, 0.4) is 0 Å². The van der Waals surface area contributed by atoms with Gasteiger partial charge in [-0.3, -0.25) is 0 Å². The van der Waals surface area contributed by atoms with E-state index in [2.05, 4.69) is 23.8 Å². The van der Waals surface area contributed by atoms with Crippen molar-refractivity contribution in [3.63, 3.8) is 0 Å². The molecule has 2 aromatic carbocycles. The Hall–Kier alpha value is -1.85. The van der Waals surface area contributed by atoms with Gasteiger partial charge in [0.05, 0.1) is 12.0 Å². The number of benzene rings is 2. The molecule has 130 valence electrons. The minimum atomic E-state index is -3.60. The summed E-state index contributed by atoms with van der Waals surface area (Å²) >= 11 is 0. The fraction of sp³-hybridized carbons (Fsp3) is 0.368. The molecule has 0 aliphatic heterocycles. The molecule has 24 heavy (non-hydrogen) atoms. The Morgan fingerprint density at radius 3 is 2.12 bits per heavy atom. The van der Waals surface area contributed by atoms with Crippen LogP contribution in [0.4, 0.5) is 0 Å². The summed E-state index contributed by atoms with van der Waals surface area (Å²) in [5.41, 5.74) is 5.22. The molecule has 0 amide bonds. The van der Waals surface area contributed by atoms with Crippen LogP contribution < -0.4 is 9.46 Å². The molecule has 0 radical (unpaired) electrons. The number of hydrogen-bond donors (Lipinski definition) is 1. The molecule has 1 atom stereocenters. The van der Waals surface area contributed by atoms with Crippen molar-refractivity contribution >= 4 is 10.0 Å². The average Bonchev–Trinajstić information content (AvgIpc) is 2.50. The van der Waals surface area contributed by atoms with Gasteiger partial charge in [-0.15, -0.1) is 0 Å². The summed E-state index contributed by atoms with van der Waals surface area (Å²) in [5, 5.41) is 0. The van der Waals surface area contributed by atoms with Crippen LogP contribution in [0.25, 0.3) is 0 Å². The van der Waals surface area contributed by atoms with E-state index in [4.69, 9.17) is 4.74 Å². The zero-order valence-corrected chi connectivity index (χ0v) is 15.9. The molecule has 0 saturated carbocycles. The summed E-state index contributed by atoms with van der Waals surface area (Å²) in [6.45, 7) is 9.79. The van der Waals surface area contributed by atoms with Gasteiger partial charge in [-0.05, 0) is 80.6 Å². The first kappa shape index (κ1) is 18.5. The minimum Gasteiger partial charge on any atom is -0.496 e. The van der Waals surface area contributed by atoms with E-state index in [-0.39, 0.29) is 10.9 Å². The Kier molecular flexibility index (Phi) is 5.35. The van der Waals surface area contributed by atoms with Gasteiger partial charge in [0.25, 0.3) is 0 Å². The zero-order chi connectivity index (χ0) is 18.1. The van der Waals surface area contributed by atoms with Crippen LogP contribution in [-0.4, -0.2) is 15.5 Å². The van der Waals surface area contributed by atoms with E-state index in [1.54, 1.807) is 25.3 Å². The molecule has 0 aromatic heterocycles. The van der Waals surface area contributed by atoms with Crippen molar-refractivity contribution in [1.29, 1.82) is 0 Å². The topological polar surface area (TPSA) is 55.4 Å². The van der Waals surface area contributed by atoms with Crippen LogP contribution in [-0.2, 0) is 10.0 Å². The SMILES string of the molecule is COc1ccc(S(=O)(=O)N[C@@H](C)c2cc(C)c(C)cc2C)cc1C. The summed E-state index contributed by atoms with van der Waals surface area (Å²) in [4.78, 5) is 0.245. The third-order valence-corrected chi connectivity index (χ3v) is 5.90. The van der Waals surface area contributed by atoms with Crippen LogP contribution in [0.15, 0.2) is 35.2 Å². The first-order chi connectivity index (χ1) is 11.2. The first-order valence-corrected chi connectivity index (χ1v) is 9.38. The molecule has 2 aromatic rings. The van der Waals surface area contributed by atoms with Gasteiger partial charge in [-0.2, -0.15) is 0 Å². The molecule has 5 heteroatoms. The highest BCUT2D eigenvalue weighted by molar-refractivity contribution is 7.89. The van der Waals surface area contributed by atoms with Crippen molar-refractivity contribution in [3.8, 4) is 5.75 Å². The van der Waals surface area contributed by atoms with Crippen molar-refractivity contribution in [2.24, 2.45) is 0 Å². The number of aryl methyl sites for hydroxylation is 4. The lowest BCUT2D eigenvalue weighted by Crippen LogP contribution is -2.27. The summed E-state index contributed by atoms with van der Waals surface area (Å²) in [6, 6.07) is 8.70. The fourth-order valence-corrected chi connectivity index (χ4v) is 4.14. The van der Waals surface area contributed by atoms with Gasteiger partial charge in [-0.1, -0.05) is 12.1 Å². The maximum atomic E-state index is 12.7. The summed E-state index contributed by atoms with van der Waals surface area (Å²) in [6.07, 6.45) is 0.